The van der Waals surface area contributed by atoms with Crippen molar-refractivity contribution in [2.75, 3.05) is 10.6 Å². The highest BCUT2D eigenvalue weighted by Gasteiger charge is 2.38. The Bertz CT molecular complexity index is 718. The monoisotopic (exact) mass is 267 g/mol. The number of carbonyl (C=O) groups is 2. The minimum atomic E-state index is -0.406. The predicted octanol–water partition coefficient (Wildman–Crippen LogP) is 2.08. The molecule has 0 bridgehead atoms. The number of hydrogen-bond donors (Lipinski definition) is 1. The molecule has 0 saturated carbocycles. The molecule has 0 fully saturated rings. The lowest BCUT2D eigenvalue weighted by Gasteiger charge is -2.18. The van der Waals surface area contributed by atoms with Crippen molar-refractivity contribution in [3.8, 4) is 0 Å². The van der Waals surface area contributed by atoms with Crippen molar-refractivity contribution in [3.63, 3.8) is 0 Å². The number of pyridine rings is 1. The number of imide groups is 1. The van der Waals surface area contributed by atoms with Crippen LogP contribution in [-0.2, 0) is 0 Å². The summed E-state index contributed by atoms with van der Waals surface area (Å²) in [7, 11) is 0. The third-order valence-corrected chi connectivity index (χ3v) is 3.47. The average molecular weight is 267 g/mol. The van der Waals surface area contributed by atoms with Crippen LogP contribution in [0.15, 0.2) is 30.5 Å². The summed E-state index contributed by atoms with van der Waals surface area (Å²) >= 11 is 0. The van der Waals surface area contributed by atoms with Crippen molar-refractivity contribution in [1.82, 2.24) is 4.98 Å². The number of amides is 2. The van der Waals surface area contributed by atoms with Crippen LogP contribution in [-0.4, -0.2) is 16.8 Å². The van der Waals surface area contributed by atoms with Gasteiger partial charge in [-0.05, 0) is 43.2 Å². The van der Waals surface area contributed by atoms with Gasteiger partial charge in [-0.2, -0.15) is 0 Å². The molecule has 0 unspecified atom stereocenters. The summed E-state index contributed by atoms with van der Waals surface area (Å²) in [6, 6.07) is 6.77. The zero-order valence-electron chi connectivity index (χ0n) is 11.2. The maximum atomic E-state index is 12.4. The Morgan fingerprint density at radius 2 is 1.85 bits per heavy atom. The zero-order valence-corrected chi connectivity index (χ0v) is 11.2. The molecular weight excluding hydrogens is 254 g/mol. The van der Waals surface area contributed by atoms with Crippen molar-refractivity contribution in [1.29, 1.82) is 0 Å². The molecule has 2 heterocycles. The topological polar surface area (TPSA) is 76.3 Å². The Labute approximate surface area is 116 Å². The number of aromatic nitrogens is 1. The van der Waals surface area contributed by atoms with Gasteiger partial charge in [0.15, 0.2) is 0 Å². The van der Waals surface area contributed by atoms with E-state index in [9.17, 15) is 9.59 Å². The summed E-state index contributed by atoms with van der Waals surface area (Å²) in [5.41, 5.74) is 9.22. The third kappa shape index (κ3) is 1.60. The van der Waals surface area contributed by atoms with E-state index >= 15 is 0 Å². The Morgan fingerprint density at radius 1 is 1.10 bits per heavy atom. The Hall–Kier alpha value is -2.69. The lowest BCUT2D eigenvalue weighted by Crippen LogP contribution is -2.30. The largest absolute Gasteiger partial charge is 0.398 e. The summed E-state index contributed by atoms with van der Waals surface area (Å²) in [4.78, 5) is 29.9. The van der Waals surface area contributed by atoms with E-state index in [-0.39, 0.29) is 11.6 Å². The molecule has 2 N–H and O–H groups in total. The van der Waals surface area contributed by atoms with Crippen LogP contribution in [0.4, 0.5) is 11.4 Å². The van der Waals surface area contributed by atoms with Gasteiger partial charge in [-0.25, -0.2) is 4.90 Å². The fraction of sp³-hybridized carbons (Fsp3) is 0.133. The molecule has 1 aromatic heterocycles. The molecule has 0 aliphatic carbocycles. The van der Waals surface area contributed by atoms with Crippen LogP contribution in [0.1, 0.15) is 32.0 Å². The first-order chi connectivity index (χ1) is 9.50. The molecule has 0 atom stereocenters. The number of nitrogens with zero attached hydrogens (tertiary/aromatic N) is 2. The van der Waals surface area contributed by atoms with Crippen LogP contribution in [0, 0.1) is 13.8 Å². The van der Waals surface area contributed by atoms with Crippen molar-refractivity contribution in [2.24, 2.45) is 0 Å². The molecule has 2 amide bonds. The van der Waals surface area contributed by atoms with Crippen LogP contribution in [0.3, 0.4) is 0 Å². The molecule has 3 rings (SSSR count). The molecule has 1 aromatic carbocycles. The Morgan fingerprint density at radius 3 is 2.55 bits per heavy atom. The molecule has 2 aromatic rings. The predicted molar refractivity (Wildman–Crippen MR) is 75.7 cm³/mol. The van der Waals surface area contributed by atoms with Crippen molar-refractivity contribution >= 4 is 23.2 Å². The first-order valence-electron chi connectivity index (χ1n) is 6.21. The van der Waals surface area contributed by atoms with Gasteiger partial charge in [0.1, 0.15) is 5.69 Å². The SMILES string of the molecule is Cc1cc(C)c(N2C(=O)c3cccnc3C2=O)cc1N. The minimum absolute atomic E-state index is 0.191. The second kappa shape index (κ2) is 4.16. The molecule has 0 saturated heterocycles. The third-order valence-electron chi connectivity index (χ3n) is 3.47. The Kier molecular flexibility index (Phi) is 2.57. The van der Waals surface area contributed by atoms with Gasteiger partial charge in [0, 0.05) is 11.9 Å². The van der Waals surface area contributed by atoms with Gasteiger partial charge in [-0.15, -0.1) is 0 Å². The minimum Gasteiger partial charge on any atom is -0.398 e. The van der Waals surface area contributed by atoms with Crippen LogP contribution < -0.4 is 10.6 Å². The summed E-state index contributed by atoms with van der Waals surface area (Å²) in [5.74, 6) is -0.763. The van der Waals surface area contributed by atoms with Gasteiger partial charge in [-0.3, -0.25) is 14.6 Å². The van der Waals surface area contributed by atoms with E-state index in [1.165, 1.54) is 6.20 Å². The molecule has 20 heavy (non-hydrogen) atoms. The van der Waals surface area contributed by atoms with Crippen molar-refractivity contribution in [3.05, 3.63) is 52.8 Å². The van der Waals surface area contributed by atoms with Crippen molar-refractivity contribution < 1.29 is 9.59 Å². The lowest BCUT2D eigenvalue weighted by molar-refractivity contribution is 0.0924. The number of nitrogen functional groups attached to an aromatic ring is 1. The second-order valence-corrected chi connectivity index (χ2v) is 4.84. The number of carbonyl (C=O) groups excluding carboxylic acids is 2. The van der Waals surface area contributed by atoms with Gasteiger partial charge in [0.2, 0.25) is 0 Å². The standard InChI is InChI=1S/C15H13N3O2/c1-8-6-9(2)12(7-11(8)16)18-14(19)10-4-3-5-17-13(10)15(18)20/h3-7H,16H2,1-2H3. The number of nitrogens with two attached hydrogens (primary N) is 1. The van der Waals surface area contributed by atoms with E-state index in [1.54, 1.807) is 18.2 Å². The van der Waals surface area contributed by atoms with Crippen LogP contribution in [0.25, 0.3) is 0 Å². The number of anilines is 2. The highest BCUT2D eigenvalue weighted by atomic mass is 16.2. The average Bonchev–Trinajstić information content (AvgIpc) is 2.68. The van der Waals surface area contributed by atoms with Crippen LogP contribution in [0.2, 0.25) is 0 Å². The highest BCUT2D eigenvalue weighted by molar-refractivity contribution is 6.34. The summed E-state index contributed by atoms with van der Waals surface area (Å²) in [6.07, 6.45) is 1.50. The van der Waals surface area contributed by atoms with Gasteiger partial charge in [0.25, 0.3) is 11.8 Å². The molecule has 1 aliphatic heterocycles. The Balaban J connectivity index is 2.17. The molecule has 100 valence electrons. The molecule has 5 heteroatoms. The lowest BCUT2D eigenvalue weighted by atomic mass is 10.1. The van der Waals surface area contributed by atoms with Gasteiger partial charge in [-0.1, -0.05) is 6.07 Å². The fourth-order valence-corrected chi connectivity index (χ4v) is 2.38. The van der Waals surface area contributed by atoms with E-state index < -0.39 is 5.91 Å². The zero-order chi connectivity index (χ0) is 14.4. The number of fused-ring (bicyclic) bond motifs is 1. The number of hydrogen-bond acceptors (Lipinski definition) is 4. The van der Waals surface area contributed by atoms with Gasteiger partial charge < -0.3 is 5.73 Å². The maximum absolute atomic E-state index is 12.4. The summed E-state index contributed by atoms with van der Waals surface area (Å²) in [5, 5.41) is 0. The van der Waals surface area contributed by atoms with Crippen LogP contribution in [0.5, 0.6) is 0 Å². The number of aryl methyl sites for hydroxylation is 2. The van der Waals surface area contributed by atoms with Crippen LogP contribution >= 0.6 is 0 Å². The first-order valence-corrected chi connectivity index (χ1v) is 6.21. The normalized spacial score (nSPS) is 13.8. The highest BCUT2D eigenvalue weighted by Crippen LogP contribution is 2.32. The smallest absolute Gasteiger partial charge is 0.284 e. The number of rotatable bonds is 1. The first kappa shape index (κ1) is 12.3. The maximum Gasteiger partial charge on any atom is 0.284 e. The molecule has 1 aliphatic rings. The van der Waals surface area contributed by atoms with E-state index in [4.69, 9.17) is 5.73 Å². The van der Waals surface area contributed by atoms with E-state index in [0.717, 1.165) is 16.0 Å². The number of benzene rings is 1. The quantitative estimate of drug-likeness (QED) is 0.634. The van der Waals surface area contributed by atoms with Gasteiger partial charge >= 0.3 is 0 Å². The van der Waals surface area contributed by atoms with Gasteiger partial charge in [0.05, 0.1) is 11.3 Å². The molecule has 0 spiro atoms. The second-order valence-electron chi connectivity index (χ2n) is 4.84. The van der Waals surface area contributed by atoms with Crippen molar-refractivity contribution in [2.45, 2.75) is 13.8 Å². The summed E-state index contributed by atoms with van der Waals surface area (Å²) in [6.45, 7) is 3.73. The fourth-order valence-electron chi connectivity index (χ4n) is 2.38. The van der Waals surface area contributed by atoms with E-state index in [0.29, 0.717) is 16.9 Å². The van der Waals surface area contributed by atoms with E-state index in [1.807, 2.05) is 19.9 Å². The summed E-state index contributed by atoms with van der Waals surface area (Å²) < 4.78 is 0. The molecule has 0 radical (unpaired) electrons. The molecular formula is C15H13N3O2. The molecule has 5 nitrogen and oxygen atoms in total. The van der Waals surface area contributed by atoms with E-state index in [2.05, 4.69) is 4.98 Å².